The Hall–Kier alpha value is -4.50. The van der Waals surface area contributed by atoms with Crippen molar-refractivity contribution in [1.29, 1.82) is 0 Å². The minimum absolute atomic E-state index is 0.0396. The molecule has 7 unspecified atom stereocenters. The molecule has 5 amide bonds. The van der Waals surface area contributed by atoms with Gasteiger partial charge in [0.15, 0.2) is 9.84 Å². The van der Waals surface area contributed by atoms with Crippen molar-refractivity contribution in [1.82, 2.24) is 25.3 Å². The Balaban J connectivity index is 1.76. The monoisotopic (exact) mass is 855 g/mol. The van der Waals surface area contributed by atoms with Crippen molar-refractivity contribution >= 4 is 39.6 Å². The van der Waals surface area contributed by atoms with E-state index in [2.05, 4.69) is 10.6 Å². The molecular weight excluding hydrogens is 787 g/mol. The molecular formula is C45H69N5O9S. The van der Waals surface area contributed by atoms with E-state index in [1.807, 2.05) is 102 Å². The van der Waals surface area contributed by atoms with Crippen LogP contribution >= 0.6 is 0 Å². The molecule has 2 aromatic rings. The molecule has 2 aromatic carbocycles. The van der Waals surface area contributed by atoms with Crippen molar-refractivity contribution in [3.05, 3.63) is 71.8 Å². The van der Waals surface area contributed by atoms with Crippen LogP contribution in [0.25, 0.3) is 0 Å². The van der Waals surface area contributed by atoms with Crippen molar-refractivity contribution in [2.45, 2.75) is 122 Å². The van der Waals surface area contributed by atoms with Gasteiger partial charge >= 0.3 is 6.09 Å². The molecule has 14 nitrogen and oxygen atoms in total. The molecule has 1 saturated heterocycles. The standard InChI is InChI=1S/C45H69N5O9S/c1-11-32(6)42(48(7)44(54)40(30(2)3)47-43(53)41(31(4)5)49(8)45(55)59-29-34-21-16-13-17-22-34)36(58-9)27-39(52)50-26-18-23-35(50)37(60(10,56)57)28-38(51)46-25-24-33-19-14-12-15-20-33/h12-17,19-22,30-32,35-37,40-42H,11,18,23-29H2,1-10H3,(H,46,51)(H,47,53). The van der Waals surface area contributed by atoms with E-state index in [1.54, 1.807) is 16.8 Å². The summed E-state index contributed by atoms with van der Waals surface area (Å²) in [7, 11) is 0.872. The molecule has 0 radical (unpaired) electrons. The first-order valence-corrected chi connectivity index (χ1v) is 23.1. The van der Waals surface area contributed by atoms with Crippen molar-refractivity contribution in [2.75, 3.05) is 40.6 Å². The second kappa shape index (κ2) is 23.5. The predicted octanol–water partition coefficient (Wildman–Crippen LogP) is 4.85. The predicted molar refractivity (Wildman–Crippen MR) is 232 cm³/mol. The normalized spacial score (nSPS) is 17.3. The van der Waals surface area contributed by atoms with Crippen LogP contribution in [-0.2, 0) is 51.5 Å². The smallest absolute Gasteiger partial charge is 0.410 e. The molecule has 1 fully saturated rings. The fourth-order valence-electron chi connectivity index (χ4n) is 8.16. The van der Waals surface area contributed by atoms with E-state index >= 15 is 0 Å². The number of nitrogens with zero attached hydrogens (tertiary/aromatic N) is 3. The molecule has 0 saturated carbocycles. The number of methoxy groups -OCH3 is 1. The quantitative estimate of drug-likeness (QED) is 0.168. The maximum absolute atomic E-state index is 14.5. The minimum Gasteiger partial charge on any atom is -0.445 e. The summed E-state index contributed by atoms with van der Waals surface area (Å²) in [5.74, 6) is -2.42. The van der Waals surface area contributed by atoms with Crippen molar-refractivity contribution < 1.29 is 41.9 Å². The zero-order chi connectivity index (χ0) is 44.7. The summed E-state index contributed by atoms with van der Waals surface area (Å²) in [6.07, 6.45) is 1.50. The first kappa shape index (κ1) is 49.9. The number of likely N-dealkylation sites (N-methyl/N-ethyl adjacent to an activating group) is 2. The Morgan fingerprint density at radius 3 is 2.00 bits per heavy atom. The third kappa shape index (κ3) is 14.0. The SMILES string of the molecule is CCC(C)C(C(CC(=O)N1CCCC1C(CC(=O)NCCc1ccccc1)S(C)(=O)=O)OC)N(C)C(=O)C(NC(=O)C(C(C)C)N(C)C(=O)OCc1ccccc1)C(C)C. The van der Waals surface area contributed by atoms with Gasteiger partial charge in [-0.2, -0.15) is 0 Å². The fraction of sp³-hybridized carbons (Fsp3) is 0.622. The molecule has 2 N–H and O–H groups in total. The first-order chi connectivity index (χ1) is 28.3. The fourth-order valence-corrected chi connectivity index (χ4v) is 9.47. The molecule has 0 spiro atoms. The number of nitrogens with one attached hydrogen (secondary N) is 2. The number of benzene rings is 2. The number of amides is 5. The zero-order valence-electron chi connectivity index (χ0n) is 37.3. The van der Waals surface area contributed by atoms with Crippen LogP contribution in [0.15, 0.2) is 60.7 Å². The van der Waals surface area contributed by atoms with Crippen molar-refractivity contribution in [2.24, 2.45) is 17.8 Å². The van der Waals surface area contributed by atoms with Crippen LogP contribution in [0, 0.1) is 17.8 Å². The third-order valence-electron chi connectivity index (χ3n) is 11.7. The molecule has 1 aliphatic rings. The summed E-state index contributed by atoms with van der Waals surface area (Å²) >= 11 is 0. The third-order valence-corrected chi connectivity index (χ3v) is 13.3. The van der Waals surface area contributed by atoms with Gasteiger partial charge in [-0.25, -0.2) is 13.2 Å². The van der Waals surface area contributed by atoms with Gasteiger partial charge in [0, 0.05) is 53.0 Å². The Kier molecular flexibility index (Phi) is 19.5. The number of carbonyl (C=O) groups is 5. The van der Waals surface area contributed by atoms with E-state index in [9.17, 15) is 32.4 Å². The van der Waals surface area contributed by atoms with Crippen LogP contribution in [0.3, 0.4) is 0 Å². The van der Waals surface area contributed by atoms with Crippen LogP contribution in [0.4, 0.5) is 4.79 Å². The van der Waals surface area contributed by atoms with Crippen LogP contribution in [0.2, 0.25) is 0 Å². The Morgan fingerprint density at radius 1 is 0.867 bits per heavy atom. The largest absolute Gasteiger partial charge is 0.445 e. The Labute approximate surface area is 358 Å². The van der Waals surface area contributed by atoms with E-state index in [0.717, 1.165) is 17.4 Å². The average molecular weight is 856 g/mol. The minimum atomic E-state index is -3.75. The maximum Gasteiger partial charge on any atom is 0.410 e. The van der Waals surface area contributed by atoms with Gasteiger partial charge in [0.05, 0.1) is 23.8 Å². The summed E-state index contributed by atoms with van der Waals surface area (Å²) in [4.78, 5) is 73.2. The summed E-state index contributed by atoms with van der Waals surface area (Å²) in [5.41, 5.74) is 1.85. The summed E-state index contributed by atoms with van der Waals surface area (Å²) in [5, 5.41) is 4.68. The zero-order valence-corrected chi connectivity index (χ0v) is 38.1. The average Bonchev–Trinajstić information content (AvgIpc) is 3.70. The number of likely N-dealkylation sites (tertiary alicyclic amines) is 1. The molecule has 7 atom stereocenters. The molecule has 0 bridgehead atoms. The molecule has 1 heterocycles. The lowest BCUT2D eigenvalue weighted by atomic mass is 9.89. The lowest BCUT2D eigenvalue weighted by Crippen LogP contribution is -2.60. The summed E-state index contributed by atoms with van der Waals surface area (Å²) in [6.45, 7) is 11.9. The molecule has 15 heteroatoms. The van der Waals surface area contributed by atoms with Gasteiger partial charge in [-0.15, -0.1) is 0 Å². The summed E-state index contributed by atoms with van der Waals surface area (Å²) < 4.78 is 37.9. The van der Waals surface area contributed by atoms with E-state index in [1.165, 1.54) is 19.1 Å². The number of hydrogen-bond donors (Lipinski definition) is 2. The van der Waals surface area contributed by atoms with E-state index in [-0.39, 0.29) is 49.0 Å². The van der Waals surface area contributed by atoms with E-state index in [4.69, 9.17) is 9.47 Å². The maximum atomic E-state index is 14.5. The molecule has 60 heavy (non-hydrogen) atoms. The van der Waals surface area contributed by atoms with Crippen LogP contribution in [-0.4, -0.2) is 129 Å². The first-order valence-electron chi connectivity index (χ1n) is 21.1. The van der Waals surface area contributed by atoms with E-state index in [0.29, 0.717) is 38.8 Å². The number of ether oxygens (including phenoxy) is 2. The van der Waals surface area contributed by atoms with Gasteiger partial charge in [0.2, 0.25) is 23.6 Å². The van der Waals surface area contributed by atoms with Gasteiger partial charge in [-0.1, -0.05) is 109 Å². The molecule has 3 rings (SSSR count). The molecule has 334 valence electrons. The van der Waals surface area contributed by atoms with Crippen molar-refractivity contribution in [3.63, 3.8) is 0 Å². The van der Waals surface area contributed by atoms with Gasteiger partial charge < -0.3 is 29.9 Å². The van der Waals surface area contributed by atoms with Gasteiger partial charge in [-0.05, 0) is 48.1 Å². The number of rotatable bonds is 22. The highest BCUT2D eigenvalue weighted by atomic mass is 32.2. The second-order valence-corrected chi connectivity index (χ2v) is 19.1. The highest BCUT2D eigenvalue weighted by Crippen LogP contribution is 2.30. The molecule has 0 aromatic heterocycles. The Morgan fingerprint density at radius 2 is 1.47 bits per heavy atom. The second-order valence-electron chi connectivity index (χ2n) is 16.8. The van der Waals surface area contributed by atoms with Crippen LogP contribution in [0.5, 0.6) is 0 Å². The van der Waals surface area contributed by atoms with E-state index < -0.39 is 63.3 Å². The lowest BCUT2D eigenvalue weighted by molar-refractivity contribution is -0.146. The Bertz CT molecular complexity index is 1810. The topological polar surface area (TPSA) is 172 Å². The van der Waals surface area contributed by atoms with Gasteiger partial charge in [0.25, 0.3) is 0 Å². The number of carbonyl (C=O) groups excluding carboxylic acids is 5. The van der Waals surface area contributed by atoms with Gasteiger partial charge in [-0.3, -0.25) is 24.1 Å². The molecule has 1 aliphatic heterocycles. The van der Waals surface area contributed by atoms with Gasteiger partial charge in [0.1, 0.15) is 18.7 Å². The number of sulfone groups is 1. The molecule has 0 aliphatic carbocycles. The summed E-state index contributed by atoms with van der Waals surface area (Å²) in [6, 6.07) is 15.7. The highest BCUT2D eigenvalue weighted by molar-refractivity contribution is 7.91. The van der Waals surface area contributed by atoms with Crippen LogP contribution < -0.4 is 10.6 Å². The lowest BCUT2D eigenvalue weighted by Gasteiger charge is -2.41. The number of hydrogen-bond acceptors (Lipinski definition) is 9. The van der Waals surface area contributed by atoms with Crippen LogP contribution in [0.1, 0.15) is 84.8 Å². The highest BCUT2D eigenvalue weighted by Gasteiger charge is 2.44. The van der Waals surface area contributed by atoms with Crippen molar-refractivity contribution in [3.8, 4) is 0 Å².